The van der Waals surface area contributed by atoms with Crippen molar-refractivity contribution in [2.75, 3.05) is 6.61 Å². The van der Waals surface area contributed by atoms with Crippen LogP contribution in [0.1, 0.15) is 37.0 Å². The molecular formula is C15H15F3O3. The molecule has 1 aromatic rings. The molecule has 114 valence electrons. The molecule has 1 fully saturated rings. The summed E-state index contributed by atoms with van der Waals surface area (Å²) in [5.41, 5.74) is -0.0261. The zero-order valence-electron chi connectivity index (χ0n) is 11.4. The zero-order chi connectivity index (χ0) is 15.5. The maximum absolute atomic E-state index is 12.5. The van der Waals surface area contributed by atoms with Gasteiger partial charge in [-0.05, 0) is 31.0 Å². The zero-order valence-corrected chi connectivity index (χ0v) is 11.4. The molecule has 1 aromatic carbocycles. The Hall–Kier alpha value is -1.98. The Bertz CT molecular complexity index is 532. The van der Waals surface area contributed by atoms with E-state index in [0.717, 1.165) is 12.1 Å². The standard InChI is InChI=1S/C15H15F3O3/c1-2-20-14(19)9-12-7-8-13(21-12)10-3-5-11(6-4-10)15(16,17)18/h3-6,9,13H,2,7-8H2,1H3/b12-9+. The molecular weight excluding hydrogens is 285 g/mol. The number of hydrogen-bond acceptors (Lipinski definition) is 3. The molecule has 0 bridgehead atoms. The van der Waals surface area contributed by atoms with E-state index in [1.54, 1.807) is 6.92 Å². The third kappa shape index (κ3) is 4.00. The summed E-state index contributed by atoms with van der Waals surface area (Å²) in [7, 11) is 0. The Kier molecular flexibility index (Phi) is 4.55. The molecule has 6 heteroatoms. The van der Waals surface area contributed by atoms with Crippen LogP contribution in [0.15, 0.2) is 36.1 Å². The fourth-order valence-corrected chi connectivity index (χ4v) is 2.12. The molecule has 3 nitrogen and oxygen atoms in total. The predicted octanol–water partition coefficient (Wildman–Crippen LogP) is 4.00. The van der Waals surface area contributed by atoms with Gasteiger partial charge in [-0.3, -0.25) is 0 Å². The van der Waals surface area contributed by atoms with Crippen LogP contribution in [0.25, 0.3) is 0 Å². The van der Waals surface area contributed by atoms with E-state index >= 15 is 0 Å². The van der Waals surface area contributed by atoms with Crippen molar-refractivity contribution in [1.82, 2.24) is 0 Å². The van der Waals surface area contributed by atoms with Gasteiger partial charge in [0.05, 0.1) is 18.2 Å². The molecule has 1 heterocycles. The smallest absolute Gasteiger partial charge is 0.416 e. The van der Waals surface area contributed by atoms with Gasteiger partial charge in [0.2, 0.25) is 0 Å². The molecule has 0 radical (unpaired) electrons. The van der Waals surface area contributed by atoms with Crippen molar-refractivity contribution in [3.8, 4) is 0 Å². The molecule has 0 amide bonds. The van der Waals surface area contributed by atoms with E-state index in [9.17, 15) is 18.0 Å². The molecule has 0 saturated carbocycles. The highest BCUT2D eigenvalue weighted by Gasteiger charge is 2.31. The van der Waals surface area contributed by atoms with Crippen LogP contribution in [-0.4, -0.2) is 12.6 Å². The molecule has 0 N–H and O–H groups in total. The minimum Gasteiger partial charge on any atom is -0.490 e. The van der Waals surface area contributed by atoms with Crippen LogP contribution in [0.2, 0.25) is 0 Å². The molecule has 1 unspecified atom stereocenters. The summed E-state index contributed by atoms with van der Waals surface area (Å²) < 4.78 is 47.8. The Morgan fingerprint density at radius 1 is 1.38 bits per heavy atom. The lowest BCUT2D eigenvalue weighted by atomic mass is 10.0. The van der Waals surface area contributed by atoms with Crippen LogP contribution in [-0.2, 0) is 20.4 Å². The van der Waals surface area contributed by atoms with Gasteiger partial charge < -0.3 is 9.47 Å². The van der Waals surface area contributed by atoms with Crippen molar-refractivity contribution in [3.05, 3.63) is 47.2 Å². The first-order valence-corrected chi connectivity index (χ1v) is 6.61. The monoisotopic (exact) mass is 300 g/mol. The molecule has 0 spiro atoms. The van der Waals surface area contributed by atoms with Gasteiger partial charge in [-0.1, -0.05) is 12.1 Å². The predicted molar refractivity (Wildman–Crippen MR) is 69.2 cm³/mol. The first-order valence-electron chi connectivity index (χ1n) is 6.61. The summed E-state index contributed by atoms with van der Waals surface area (Å²) in [5, 5.41) is 0. The summed E-state index contributed by atoms with van der Waals surface area (Å²) in [6.07, 6.45) is -2.20. The van der Waals surface area contributed by atoms with Crippen LogP contribution in [0.4, 0.5) is 13.2 Å². The first-order chi connectivity index (χ1) is 9.90. The van der Waals surface area contributed by atoms with Gasteiger partial charge in [0.1, 0.15) is 11.9 Å². The highest BCUT2D eigenvalue weighted by molar-refractivity contribution is 5.82. The van der Waals surface area contributed by atoms with E-state index < -0.39 is 17.7 Å². The van der Waals surface area contributed by atoms with E-state index in [0.29, 0.717) is 24.2 Å². The molecule has 1 atom stereocenters. The number of rotatable bonds is 3. The Morgan fingerprint density at radius 3 is 2.62 bits per heavy atom. The minimum absolute atomic E-state index is 0.283. The van der Waals surface area contributed by atoms with Gasteiger partial charge in [-0.15, -0.1) is 0 Å². The second kappa shape index (κ2) is 6.20. The average molecular weight is 300 g/mol. The SMILES string of the molecule is CCOC(=O)/C=C1\CCC(c2ccc(C(F)(F)F)cc2)O1. The molecule has 1 aliphatic heterocycles. The number of carbonyl (C=O) groups excluding carboxylic acids is 1. The van der Waals surface area contributed by atoms with Crippen molar-refractivity contribution in [3.63, 3.8) is 0 Å². The molecule has 1 saturated heterocycles. The molecule has 21 heavy (non-hydrogen) atoms. The van der Waals surface area contributed by atoms with Gasteiger partial charge in [-0.2, -0.15) is 13.2 Å². The van der Waals surface area contributed by atoms with Gasteiger partial charge in [0, 0.05) is 6.42 Å². The number of hydrogen-bond donors (Lipinski definition) is 0. The lowest BCUT2D eigenvalue weighted by molar-refractivity contribution is -0.138. The highest BCUT2D eigenvalue weighted by atomic mass is 19.4. The molecule has 0 aliphatic carbocycles. The minimum atomic E-state index is -4.34. The summed E-state index contributed by atoms with van der Waals surface area (Å²) in [4.78, 5) is 11.3. The summed E-state index contributed by atoms with van der Waals surface area (Å²) in [6, 6.07) is 4.87. The lowest BCUT2D eigenvalue weighted by Crippen LogP contribution is -2.05. The first kappa shape index (κ1) is 15.4. The Balaban J connectivity index is 2.03. The maximum atomic E-state index is 12.5. The third-order valence-corrected chi connectivity index (χ3v) is 3.12. The van der Waals surface area contributed by atoms with Gasteiger partial charge in [-0.25, -0.2) is 4.79 Å². The average Bonchev–Trinajstić information content (AvgIpc) is 2.86. The number of benzene rings is 1. The summed E-state index contributed by atoms with van der Waals surface area (Å²) in [6.45, 7) is 1.99. The van der Waals surface area contributed by atoms with E-state index in [4.69, 9.17) is 9.47 Å². The lowest BCUT2D eigenvalue weighted by Gasteiger charge is -2.12. The van der Waals surface area contributed by atoms with Crippen LogP contribution in [0.5, 0.6) is 0 Å². The fraction of sp³-hybridized carbons (Fsp3) is 0.400. The van der Waals surface area contributed by atoms with E-state index in [-0.39, 0.29) is 12.7 Å². The number of ether oxygens (including phenoxy) is 2. The fourth-order valence-electron chi connectivity index (χ4n) is 2.12. The van der Waals surface area contributed by atoms with Crippen molar-refractivity contribution in [2.45, 2.75) is 32.0 Å². The van der Waals surface area contributed by atoms with Crippen molar-refractivity contribution in [1.29, 1.82) is 0 Å². The van der Waals surface area contributed by atoms with E-state index in [1.807, 2.05) is 0 Å². The molecule has 2 rings (SSSR count). The number of alkyl halides is 3. The van der Waals surface area contributed by atoms with Crippen LogP contribution < -0.4 is 0 Å². The largest absolute Gasteiger partial charge is 0.490 e. The number of esters is 1. The highest BCUT2D eigenvalue weighted by Crippen LogP contribution is 2.36. The number of allylic oxidation sites excluding steroid dienone is 1. The van der Waals surface area contributed by atoms with Gasteiger partial charge in [0.15, 0.2) is 0 Å². The van der Waals surface area contributed by atoms with Crippen molar-refractivity contribution < 1.29 is 27.4 Å². The van der Waals surface area contributed by atoms with Crippen LogP contribution in [0, 0.1) is 0 Å². The molecule has 0 aromatic heterocycles. The van der Waals surface area contributed by atoms with Crippen molar-refractivity contribution in [2.24, 2.45) is 0 Å². The third-order valence-electron chi connectivity index (χ3n) is 3.12. The second-order valence-electron chi connectivity index (χ2n) is 4.63. The van der Waals surface area contributed by atoms with Gasteiger partial charge >= 0.3 is 12.1 Å². The number of halogens is 3. The Morgan fingerprint density at radius 2 is 2.05 bits per heavy atom. The topological polar surface area (TPSA) is 35.5 Å². The van der Waals surface area contributed by atoms with Crippen molar-refractivity contribution >= 4 is 5.97 Å². The maximum Gasteiger partial charge on any atom is 0.416 e. The van der Waals surface area contributed by atoms with Gasteiger partial charge in [0.25, 0.3) is 0 Å². The number of carbonyl (C=O) groups is 1. The summed E-state index contributed by atoms with van der Waals surface area (Å²) >= 11 is 0. The second-order valence-corrected chi connectivity index (χ2v) is 4.63. The van der Waals surface area contributed by atoms with Crippen LogP contribution in [0.3, 0.4) is 0 Å². The summed E-state index contributed by atoms with van der Waals surface area (Å²) in [5.74, 6) is 0.0268. The normalized spacial score (nSPS) is 20.4. The van der Waals surface area contributed by atoms with E-state index in [2.05, 4.69) is 0 Å². The quantitative estimate of drug-likeness (QED) is 0.625. The Labute approximate surface area is 120 Å². The van der Waals surface area contributed by atoms with E-state index in [1.165, 1.54) is 18.2 Å². The molecule has 1 aliphatic rings. The van der Waals surface area contributed by atoms with Crippen LogP contribution >= 0.6 is 0 Å².